The molecule has 0 aromatic heterocycles. The highest BCUT2D eigenvalue weighted by Crippen LogP contribution is 2.45. The van der Waals surface area contributed by atoms with E-state index in [9.17, 15) is 34.2 Å². The number of rotatable bonds is 7. The molecule has 1 aliphatic carbocycles. The van der Waals surface area contributed by atoms with Gasteiger partial charge in [0.15, 0.2) is 14.1 Å². The second-order valence-corrected chi connectivity index (χ2v) is 26.2. The molecular weight excluding hydrogens is 887 g/mol. The van der Waals surface area contributed by atoms with Crippen LogP contribution in [-0.4, -0.2) is 135 Å². The molecule has 382 valence electrons. The number of carbonyl (C=O) groups is 5. The molecule has 16 atom stereocenters. The number of nitrogens with zero attached hydrogens (tertiary/aromatic N) is 1. The minimum atomic E-state index is -2.43. The molecular formula is C53H83NO13Si. The lowest BCUT2D eigenvalue weighted by Crippen LogP contribution is -2.65. The van der Waals surface area contributed by atoms with Crippen molar-refractivity contribution >= 4 is 37.5 Å². The number of carbonyl (C=O) groups excluding carboxylic acids is 5. The van der Waals surface area contributed by atoms with Crippen LogP contribution in [0.1, 0.15) is 112 Å². The van der Waals surface area contributed by atoms with Crippen LogP contribution in [0.3, 0.4) is 0 Å². The highest BCUT2D eigenvalue weighted by atomic mass is 28.4. The first kappa shape index (κ1) is 55.8. The van der Waals surface area contributed by atoms with Crippen LogP contribution < -0.4 is 0 Å². The van der Waals surface area contributed by atoms with E-state index in [4.69, 9.17) is 28.1 Å². The predicted octanol–water partition coefficient (Wildman–Crippen LogP) is 7.26. The molecule has 0 aromatic carbocycles. The van der Waals surface area contributed by atoms with Crippen molar-refractivity contribution in [2.75, 3.05) is 27.9 Å². The number of hydrogen-bond acceptors (Lipinski definition) is 13. The Morgan fingerprint density at radius 2 is 1.56 bits per heavy atom. The molecule has 3 saturated heterocycles. The van der Waals surface area contributed by atoms with E-state index in [1.165, 1.54) is 12.0 Å². The van der Waals surface area contributed by atoms with Crippen molar-refractivity contribution in [1.29, 1.82) is 0 Å². The van der Waals surface area contributed by atoms with Crippen molar-refractivity contribution in [2.24, 2.45) is 41.4 Å². The van der Waals surface area contributed by atoms with Gasteiger partial charge in [0.05, 0.1) is 30.5 Å². The van der Waals surface area contributed by atoms with E-state index in [-0.39, 0.29) is 54.3 Å². The maximum absolute atomic E-state index is 14.5. The Kier molecular flexibility index (Phi) is 19.9. The molecule has 4 aliphatic heterocycles. The average molecular weight is 970 g/mol. The molecule has 2 N–H and O–H groups in total. The van der Waals surface area contributed by atoms with E-state index in [2.05, 4.69) is 13.0 Å². The molecule has 1 saturated carbocycles. The zero-order chi connectivity index (χ0) is 50.2. The van der Waals surface area contributed by atoms with Crippen LogP contribution in [0, 0.1) is 41.4 Å². The Balaban J connectivity index is 1.55. The molecule has 14 nitrogen and oxygen atoms in total. The van der Waals surface area contributed by atoms with Gasteiger partial charge in [-0.1, -0.05) is 64.2 Å². The third-order valence-corrected chi connectivity index (χ3v) is 16.3. The van der Waals surface area contributed by atoms with Crippen molar-refractivity contribution in [1.82, 2.24) is 4.90 Å². The van der Waals surface area contributed by atoms with E-state index in [0.29, 0.717) is 69.8 Å². The molecule has 4 heterocycles. The van der Waals surface area contributed by atoms with E-state index < -0.39 is 92.2 Å². The number of methoxy groups -OCH3 is 3. The largest absolute Gasteiger partial charge is 0.460 e. The number of Topliss-reactive ketones (excluding diaryl/α,β-unsaturated/α-hetero) is 3. The maximum Gasteiger partial charge on any atom is 0.329 e. The minimum absolute atomic E-state index is 0.0594. The second-order valence-electron chi connectivity index (χ2n) is 21.7. The van der Waals surface area contributed by atoms with E-state index in [1.807, 2.05) is 70.8 Å². The quantitative estimate of drug-likeness (QED) is 0.113. The van der Waals surface area contributed by atoms with Crippen LogP contribution in [0.2, 0.25) is 19.6 Å². The third-order valence-electron chi connectivity index (χ3n) is 15.4. The number of piperidine rings is 1. The fourth-order valence-electron chi connectivity index (χ4n) is 11.4. The summed E-state index contributed by atoms with van der Waals surface area (Å²) in [5, 5.41) is 22.8. The number of fused-ring (bicyclic) bond motifs is 3. The summed E-state index contributed by atoms with van der Waals surface area (Å²) in [6.07, 6.45) is 12.3. The SMILES string of the molecule is CO[C@H]1C[C@@H]2CC[C@@H](C)[C@@](O)(O2)C(=O)C(=O)N2CCCC3[C@H]2C(=O)O[C@@H](CC(=O)[C@H](C)/C=C(\C)[C@@H](O[Si](C)(C)C)[C@@H](OC)C(=O)[C@H](C)C[C@H](C)/C=C/C=C/C=C1C)[C@H]3C[C@@H]1CC[C@@H](O)[C@H](OC)C1. The Bertz CT molecular complexity index is 1910. The zero-order valence-electron chi connectivity index (χ0n) is 42.9. The summed E-state index contributed by atoms with van der Waals surface area (Å²) in [7, 11) is 2.41. The highest BCUT2D eigenvalue weighted by Gasteiger charge is 2.57. The fourth-order valence-corrected chi connectivity index (χ4v) is 12.5. The van der Waals surface area contributed by atoms with Crippen molar-refractivity contribution < 1.29 is 62.3 Å². The zero-order valence-corrected chi connectivity index (χ0v) is 43.9. The van der Waals surface area contributed by atoms with Crippen molar-refractivity contribution in [3.63, 3.8) is 0 Å². The minimum Gasteiger partial charge on any atom is -0.460 e. The van der Waals surface area contributed by atoms with Gasteiger partial charge in [-0.2, -0.15) is 0 Å². The Hall–Kier alpha value is -3.15. The molecule has 5 rings (SSSR count). The average Bonchev–Trinajstić information content (AvgIpc) is 3.29. The van der Waals surface area contributed by atoms with Gasteiger partial charge >= 0.3 is 5.97 Å². The normalized spacial score (nSPS) is 40.8. The predicted molar refractivity (Wildman–Crippen MR) is 261 cm³/mol. The number of esters is 1. The first-order valence-corrected chi connectivity index (χ1v) is 28.6. The smallest absolute Gasteiger partial charge is 0.329 e. The molecule has 0 radical (unpaired) electrons. The van der Waals surface area contributed by atoms with Crippen molar-refractivity contribution in [2.45, 2.75) is 186 Å². The molecule has 5 aliphatic rings. The summed E-state index contributed by atoms with van der Waals surface area (Å²) in [5.74, 6) is -7.88. The molecule has 68 heavy (non-hydrogen) atoms. The first-order chi connectivity index (χ1) is 32.0. The fraction of sp³-hybridized carbons (Fsp3) is 0.755. The van der Waals surface area contributed by atoms with Crippen molar-refractivity contribution in [3.05, 3.63) is 47.6 Å². The molecule has 1 amide bonds. The van der Waals surface area contributed by atoms with Gasteiger partial charge in [-0.15, -0.1) is 0 Å². The first-order valence-electron chi connectivity index (χ1n) is 25.2. The number of allylic oxidation sites excluding steroid dienone is 6. The summed E-state index contributed by atoms with van der Waals surface area (Å²) in [4.78, 5) is 73.3. The number of aliphatic hydroxyl groups is 2. The van der Waals surface area contributed by atoms with Crippen LogP contribution in [0.4, 0.5) is 0 Å². The van der Waals surface area contributed by atoms with Crippen molar-refractivity contribution in [3.8, 4) is 0 Å². The summed E-state index contributed by atoms with van der Waals surface area (Å²) < 4.78 is 36.7. The summed E-state index contributed by atoms with van der Waals surface area (Å²) in [6.45, 7) is 17.5. The molecule has 15 heteroatoms. The van der Waals surface area contributed by atoms with E-state index >= 15 is 0 Å². The molecule has 4 fully saturated rings. The van der Waals surface area contributed by atoms with Gasteiger partial charge in [0, 0.05) is 64.4 Å². The lowest BCUT2D eigenvalue weighted by molar-refractivity contribution is -0.266. The van der Waals surface area contributed by atoms with Crippen LogP contribution in [0.15, 0.2) is 47.6 Å². The summed E-state index contributed by atoms with van der Waals surface area (Å²) in [5.41, 5.74) is 1.59. The van der Waals surface area contributed by atoms with E-state index in [1.54, 1.807) is 28.1 Å². The van der Waals surface area contributed by atoms with Gasteiger partial charge in [0.25, 0.3) is 11.7 Å². The number of ketones is 3. The number of hydrogen-bond donors (Lipinski definition) is 2. The Labute approximate surface area is 406 Å². The maximum atomic E-state index is 14.5. The molecule has 0 aromatic rings. The summed E-state index contributed by atoms with van der Waals surface area (Å²) in [6, 6.07) is -1.11. The van der Waals surface area contributed by atoms with Gasteiger partial charge < -0.3 is 43.2 Å². The third kappa shape index (κ3) is 13.6. The second kappa shape index (κ2) is 24.3. The van der Waals surface area contributed by atoms with Crippen LogP contribution >= 0.6 is 0 Å². The lowest BCUT2D eigenvalue weighted by Gasteiger charge is -2.50. The number of ether oxygens (including phenoxy) is 5. The van der Waals surface area contributed by atoms with Gasteiger partial charge in [-0.3, -0.25) is 19.2 Å². The van der Waals surface area contributed by atoms with Crippen LogP contribution in [-0.2, 0) is 52.1 Å². The number of aliphatic hydroxyl groups excluding tert-OH is 1. The molecule has 0 spiro atoms. The topological polar surface area (TPSA) is 184 Å². The van der Waals surface area contributed by atoms with Gasteiger partial charge in [0.2, 0.25) is 5.79 Å². The standard InChI is InChI=1S/C53H83NO13Si/c1-31-17-14-13-15-18-32(2)43(62-7)29-38-22-20-36(6)53(61,66-38)50(58)51(59)54-24-16-19-39-40(27-37-21-23-41(55)45(28-37)63-8)44(65-52(60)46(39)54)30-42(56)33(3)26-35(5)48(67-68(10,11)12)49(64-9)47(57)34(4)25-31/h13-15,17-18,26,31,33-34,36-41,43-46,48-49,55,61H,16,19-25,27-30H2,1-12H3/b15-13+,17-14+,32-18?,35-26+/t31-,33-,34-,36-,37+,38+,39?,40+,41-,43+,44+,45-,46+,48-,49+,53-/m1/s1. The lowest BCUT2D eigenvalue weighted by atomic mass is 9.68. The van der Waals surface area contributed by atoms with Crippen LogP contribution in [0.5, 0.6) is 0 Å². The van der Waals surface area contributed by atoms with Crippen LogP contribution in [0.25, 0.3) is 0 Å². The monoisotopic (exact) mass is 970 g/mol. The van der Waals surface area contributed by atoms with E-state index in [0.717, 1.165) is 5.57 Å². The molecule has 6 bridgehead atoms. The Morgan fingerprint density at radius 3 is 2.22 bits per heavy atom. The van der Waals surface area contributed by atoms with Gasteiger partial charge in [-0.25, -0.2) is 4.79 Å². The Morgan fingerprint density at radius 1 is 0.838 bits per heavy atom. The summed E-state index contributed by atoms with van der Waals surface area (Å²) >= 11 is 0. The highest BCUT2D eigenvalue weighted by molar-refractivity contribution is 6.69. The van der Waals surface area contributed by atoms with Gasteiger partial charge in [-0.05, 0) is 120 Å². The number of amides is 1. The van der Waals surface area contributed by atoms with Gasteiger partial charge in [0.1, 0.15) is 24.0 Å². The molecule has 1 unspecified atom stereocenters.